The van der Waals surface area contributed by atoms with Crippen molar-refractivity contribution < 1.29 is 18.3 Å². The second kappa shape index (κ2) is 11.2. The van der Waals surface area contributed by atoms with Crippen LogP contribution in [0.15, 0.2) is 36.7 Å². The van der Waals surface area contributed by atoms with Gasteiger partial charge in [0.25, 0.3) is 5.91 Å². The van der Waals surface area contributed by atoms with E-state index in [9.17, 15) is 9.18 Å². The predicted octanol–water partition coefficient (Wildman–Crippen LogP) is 4.27. The molecule has 1 atom stereocenters. The number of rotatable bonds is 5. The lowest BCUT2D eigenvalue weighted by Gasteiger charge is -2.39. The lowest BCUT2D eigenvalue weighted by molar-refractivity contribution is 0.102. The van der Waals surface area contributed by atoms with Crippen LogP contribution in [0, 0.1) is 25.5 Å². The van der Waals surface area contributed by atoms with E-state index in [-0.39, 0.29) is 23.3 Å². The van der Waals surface area contributed by atoms with Crippen LogP contribution in [0.4, 0.5) is 26.1 Å². The second-order valence-electron chi connectivity index (χ2n) is 10.4. The number of benzene rings is 2. The number of likely N-dealkylation sites (N-methyl/N-ethyl adjacent to an activating group) is 1. The van der Waals surface area contributed by atoms with Crippen LogP contribution in [-0.4, -0.2) is 79.8 Å². The molecular weight excluding hydrogens is 502 g/mol. The molecule has 0 spiro atoms. The highest BCUT2D eigenvalue weighted by Crippen LogP contribution is 2.35. The molecule has 1 amide bonds. The van der Waals surface area contributed by atoms with Gasteiger partial charge in [0.1, 0.15) is 11.6 Å². The van der Waals surface area contributed by atoms with Gasteiger partial charge in [-0.25, -0.2) is 18.7 Å². The SMILES string of the molecule is Cc1cc(C(=O)Nc2cc(-c3cnc(N4CCOCC4)nc3)c(F)cc2N2CCN(C)[C@@H](C)C2)cc(C)c1F. The van der Waals surface area contributed by atoms with E-state index in [2.05, 4.69) is 39.1 Å². The molecule has 3 heterocycles. The molecule has 5 rings (SSSR count). The summed E-state index contributed by atoms with van der Waals surface area (Å²) in [5.74, 6) is -0.573. The Morgan fingerprint density at radius 1 is 0.974 bits per heavy atom. The Hall–Kier alpha value is -3.63. The Balaban J connectivity index is 1.50. The van der Waals surface area contributed by atoms with Crippen LogP contribution in [-0.2, 0) is 4.74 Å². The standard InChI is InChI=1S/C29H34F2N6O2/c1-18-11-21(12-19(2)27(18)31)28(38)34-25-13-23(22-15-32-29(33-16-22)36-7-9-39-10-8-36)24(30)14-26(25)37-6-5-35(4)20(3)17-37/h11-16,20H,5-10,17H2,1-4H3,(H,34,38)/t20-/m0/s1. The summed E-state index contributed by atoms with van der Waals surface area (Å²) < 4.78 is 35.2. The molecule has 39 heavy (non-hydrogen) atoms. The van der Waals surface area contributed by atoms with Crippen LogP contribution in [0.1, 0.15) is 28.4 Å². The van der Waals surface area contributed by atoms with Gasteiger partial charge in [-0.3, -0.25) is 4.79 Å². The largest absolute Gasteiger partial charge is 0.378 e. The molecule has 2 saturated heterocycles. The molecule has 1 aromatic heterocycles. The first-order valence-electron chi connectivity index (χ1n) is 13.2. The number of nitrogens with one attached hydrogen (secondary N) is 1. The summed E-state index contributed by atoms with van der Waals surface area (Å²) >= 11 is 0. The van der Waals surface area contributed by atoms with Crippen LogP contribution in [0.25, 0.3) is 11.1 Å². The maximum Gasteiger partial charge on any atom is 0.255 e. The van der Waals surface area contributed by atoms with E-state index >= 15 is 4.39 Å². The topological polar surface area (TPSA) is 73.8 Å². The molecule has 2 aliphatic rings. The van der Waals surface area contributed by atoms with Gasteiger partial charge in [-0.1, -0.05) is 0 Å². The van der Waals surface area contributed by atoms with Crippen molar-refractivity contribution in [3.8, 4) is 11.1 Å². The Morgan fingerprint density at radius 3 is 2.28 bits per heavy atom. The number of hydrogen-bond acceptors (Lipinski definition) is 7. The van der Waals surface area contributed by atoms with Crippen LogP contribution >= 0.6 is 0 Å². The molecule has 0 saturated carbocycles. The number of carbonyl (C=O) groups excluding carboxylic acids is 1. The molecule has 1 N–H and O–H groups in total. The third-order valence-electron chi connectivity index (χ3n) is 7.58. The maximum atomic E-state index is 15.6. The fraction of sp³-hybridized carbons (Fsp3) is 0.414. The molecular formula is C29H34F2N6O2. The average Bonchev–Trinajstić information content (AvgIpc) is 2.94. The average molecular weight is 537 g/mol. The molecule has 0 bridgehead atoms. The quantitative estimate of drug-likeness (QED) is 0.522. The minimum absolute atomic E-state index is 0.258. The van der Waals surface area contributed by atoms with Crippen molar-refractivity contribution in [3.05, 3.63) is 65.0 Å². The highest BCUT2D eigenvalue weighted by atomic mass is 19.1. The predicted molar refractivity (Wildman–Crippen MR) is 149 cm³/mol. The van der Waals surface area contributed by atoms with Gasteiger partial charge in [-0.15, -0.1) is 0 Å². The third-order valence-corrected chi connectivity index (χ3v) is 7.58. The fourth-order valence-electron chi connectivity index (χ4n) is 5.07. The summed E-state index contributed by atoms with van der Waals surface area (Å²) in [4.78, 5) is 28.6. The number of hydrogen-bond donors (Lipinski definition) is 1. The molecule has 2 fully saturated rings. The summed E-state index contributed by atoms with van der Waals surface area (Å²) in [6.45, 7) is 10.2. The normalized spacial score (nSPS) is 18.4. The van der Waals surface area contributed by atoms with E-state index in [4.69, 9.17) is 4.74 Å². The van der Waals surface area contributed by atoms with E-state index in [0.717, 1.165) is 6.54 Å². The first-order chi connectivity index (χ1) is 18.7. The zero-order chi connectivity index (χ0) is 27.7. The van der Waals surface area contributed by atoms with Crippen LogP contribution in [0.2, 0.25) is 0 Å². The van der Waals surface area contributed by atoms with Crippen LogP contribution in [0.5, 0.6) is 0 Å². The van der Waals surface area contributed by atoms with Crippen molar-refractivity contribution in [1.82, 2.24) is 14.9 Å². The number of amides is 1. The van der Waals surface area contributed by atoms with Gasteiger partial charge < -0.3 is 24.8 Å². The van der Waals surface area contributed by atoms with E-state index < -0.39 is 5.82 Å². The van der Waals surface area contributed by atoms with Crippen molar-refractivity contribution in [1.29, 1.82) is 0 Å². The molecule has 206 valence electrons. The zero-order valence-corrected chi connectivity index (χ0v) is 22.8. The fourth-order valence-corrected chi connectivity index (χ4v) is 5.07. The van der Waals surface area contributed by atoms with Crippen LogP contribution in [0.3, 0.4) is 0 Å². The second-order valence-corrected chi connectivity index (χ2v) is 10.4. The van der Waals surface area contributed by atoms with Gasteiger partial charge in [0.2, 0.25) is 5.95 Å². The number of piperazine rings is 1. The molecule has 0 aliphatic carbocycles. The number of anilines is 3. The van der Waals surface area contributed by atoms with Gasteiger partial charge in [0.05, 0.1) is 24.6 Å². The van der Waals surface area contributed by atoms with Crippen molar-refractivity contribution in [3.63, 3.8) is 0 Å². The van der Waals surface area contributed by atoms with E-state index in [1.807, 2.05) is 4.90 Å². The highest BCUT2D eigenvalue weighted by molar-refractivity contribution is 6.06. The molecule has 0 radical (unpaired) electrons. The van der Waals surface area contributed by atoms with Crippen LogP contribution < -0.4 is 15.1 Å². The molecule has 2 aliphatic heterocycles. The Labute approximate surface area is 227 Å². The number of halogens is 2. The molecule has 8 nitrogen and oxygen atoms in total. The van der Waals surface area contributed by atoms with Gasteiger partial charge in [-0.05, 0) is 63.2 Å². The van der Waals surface area contributed by atoms with Crippen molar-refractivity contribution in [2.75, 3.05) is 68.1 Å². The lowest BCUT2D eigenvalue weighted by atomic mass is 10.0. The lowest BCUT2D eigenvalue weighted by Crippen LogP contribution is -2.50. The van der Waals surface area contributed by atoms with E-state index in [0.29, 0.717) is 79.0 Å². The van der Waals surface area contributed by atoms with Crippen molar-refractivity contribution >= 4 is 23.2 Å². The number of carbonyl (C=O) groups is 1. The summed E-state index contributed by atoms with van der Waals surface area (Å²) in [5, 5.41) is 2.98. The molecule has 2 aromatic carbocycles. The van der Waals surface area contributed by atoms with Gasteiger partial charge in [0, 0.05) is 67.8 Å². The maximum absolute atomic E-state index is 15.6. The smallest absolute Gasteiger partial charge is 0.255 e. The van der Waals surface area contributed by atoms with Gasteiger partial charge in [-0.2, -0.15) is 0 Å². The highest BCUT2D eigenvalue weighted by Gasteiger charge is 2.25. The van der Waals surface area contributed by atoms with Gasteiger partial charge in [0.15, 0.2) is 0 Å². The summed E-state index contributed by atoms with van der Waals surface area (Å²) in [7, 11) is 2.06. The monoisotopic (exact) mass is 536 g/mol. The molecule has 3 aromatic rings. The van der Waals surface area contributed by atoms with Crippen molar-refractivity contribution in [2.24, 2.45) is 0 Å². The minimum Gasteiger partial charge on any atom is -0.378 e. The zero-order valence-electron chi connectivity index (χ0n) is 22.8. The number of morpholine rings is 1. The number of aromatic nitrogens is 2. The Morgan fingerprint density at radius 2 is 1.64 bits per heavy atom. The van der Waals surface area contributed by atoms with E-state index in [1.54, 1.807) is 32.3 Å². The Bertz CT molecular complexity index is 1340. The first kappa shape index (κ1) is 27.0. The Kier molecular flexibility index (Phi) is 7.76. The summed E-state index contributed by atoms with van der Waals surface area (Å²) in [6, 6.07) is 6.42. The van der Waals surface area contributed by atoms with Crippen molar-refractivity contribution in [2.45, 2.75) is 26.8 Å². The number of ether oxygens (including phenoxy) is 1. The summed E-state index contributed by atoms with van der Waals surface area (Å²) in [5.41, 5.74) is 3.00. The summed E-state index contributed by atoms with van der Waals surface area (Å²) in [6.07, 6.45) is 3.21. The number of nitrogens with zero attached hydrogens (tertiary/aromatic N) is 5. The van der Waals surface area contributed by atoms with Gasteiger partial charge >= 0.3 is 0 Å². The van der Waals surface area contributed by atoms with E-state index in [1.165, 1.54) is 18.2 Å². The minimum atomic E-state index is -0.425. The first-order valence-corrected chi connectivity index (χ1v) is 13.2. The number of aryl methyl sites for hydroxylation is 2. The molecule has 0 unspecified atom stereocenters. The third kappa shape index (κ3) is 5.72. The molecule has 10 heteroatoms.